The van der Waals surface area contributed by atoms with Crippen molar-refractivity contribution in [1.29, 1.82) is 0 Å². The first-order valence-electron chi connectivity index (χ1n) is 18.6. The summed E-state index contributed by atoms with van der Waals surface area (Å²) in [5.74, 6) is 0. The quantitative estimate of drug-likeness (QED) is 0.167. The van der Waals surface area contributed by atoms with Crippen LogP contribution in [0.3, 0.4) is 0 Å². The summed E-state index contributed by atoms with van der Waals surface area (Å²) in [6, 6.07) is 68.6. The molecule has 7 aromatic carbocycles. The summed E-state index contributed by atoms with van der Waals surface area (Å²) in [6.07, 6.45) is 0. The zero-order valence-corrected chi connectivity index (χ0v) is 31.2. The normalized spacial score (nSPS) is 12.0. The Morgan fingerprint density at radius 1 is 0.273 bits per heavy atom. The van der Waals surface area contributed by atoms with Crippen LogP contribution in [0.15, 0.2) is 188 Å². The molecule has 0 unspecified atom stereocenters. The number of nitrogens with zero attached hydrogens (tertiary/aromatic N) is 3. The maximum absolute atomic E-state index is 2.45. The van der Waals surface area contributed by atoms with Crippen LogP contribution in [0.2, 0.25) is 0 Å². The predicted octanol–water partition coefficient (Wildman–Crippen LogP) is 14.4. The van der Waals surface area contributed by atoms with Crippen molar-refractivity contribution >= 4 is 86.7 Å². The van der Waals surface area contributed by atoms with Crippen molar-refractivity contribution in [3.8, 4) is 37.9 Å². The van der Waals surface area contributed by atoms with Crippen LogP contribution in [0.5, 0.6) is 0 Å². The Morgan fingerprint density at radius 3 is 1.25 bits per heavy atom. The van der Waals surface area contributed by atoms with Crippen molar-refractivity contribution < 1.29 is 0 Å². The summed E-state index contributed by atoms with van der Waals surface area (Å²) < 4.78 is 9.99. The predicted molar refractivity (Wildman–Crippen MR) is 236 cm³/mol. The monoisotopic (exact) mass is 737 g/mol. The molecule has 5 heteroatoms. The number of hydrogen-bond donors (Lipinski definition) is 0. The molecule has 5 heterocycles. The minimum absolute atomic E-state index is 1.16. The van der Waals surface area contributed by atoms with Crippen molar-refractivity contribution in [1.82, 2.24) is 13.7 Å². The van der Waals surface area contributed by atoms with Crippen LogP contribution in [-0.2, 0) is 0 Å². The van der Waals surface area contributed by atoms with Crippen LogP contribution in [0.4, 0.5) is 0 Å². The summed E-state index contributed by atoms with van der Waals surface area (Å²) in [6.45, 7) is 0. The first-order valence-corrected chi connectivity index (χ1v) is 20.2. The third kappa shape index (κ3) is 4.61. The highest BCUT2D eigenvalue weighted by Crippen LogP contribution is 2.47. The van der Waals surface area contributed by atoms with E-state index in [1.807, 2.05) is 22.7 Å². The molecule has 0 bridgehead atoms. The maximum Gasteiger partial charge on any atom is 0.0711 e. The number of aromatic nitrogens is 3. The molecular formula is C50H31N3S2. The van der Waals surface area contributed by atoms with E-state index in [1.165, 1.54) is 96.3 Å². The largest absolute Gasteiger partial charge is 0.309 e. The van der Waals surface area contributed by atoms with Crippen LogP contribution in [0, 0.1) is 0 Å². The Labute approximate surface area is 324 Å². The number of rotatable bonds is 5. The fourth-order valence-corrected chi connectivity index (χ4v) is 11.1. The van der Waals surface area contributed by atoms with Crippen molar-refractivity contribution in [3.63, 3.8) is 0 Å². The lowest BCUT2D eigenvalue weighted by atomic mass is 10.1. The molecule has 0 radical (unpaired) electrons. The highest BCUT2D eigenvalue weighted by Gasteiger charge is 2.22. The Morgan fingerprint density at radius 2 is 0.691 bits per heavy atom. The van der Waals surface area contributed by atoms with E-state index in [4.69, 9.17) is 0 Å². The van der Waals surface area contributed by atoms with Gasteiger partial charge in [-0.2, -0.15) is 0 Å². The summed E-state index contributed by atoms with van der Waals surface area (Å²) in [5.41, 5.74) is 13.4. The molecule has 0 aliphatic rings. The van der Waals surface area contributed by atoms with Gasteiger partial charge in [-0.25, -0.2) is 0 Å². The average Bonchev–Trinajstić information content (AvgIpc) is 4.06. The molecule has 12 aromatic rings. The van der Waals surface area contributed by atoms with Gasteiger partial charge < -0.3 is 13.7 Å². The fourth-order valence-electron chi connectivity index (χ4n) is 8.64. The van der Waals surface area contributed by atoms with E-state index >= 15 is 0 Å². The zero-order valence-electron chi connectivity index (χ0n) is 29.6. The van der Waals surface area contributed by atoms with E-state index in [-0.39, 0.29) is 0 Å². The van der Waals surface area contributed by atoms with Crippen molar-refractivity contribution in [2.24, 2.45) is 0 Å². The van der Waals surface area contributed by atoms with Crippen molar-refractivity contribution in [2.45, 2.75) is 0 Å². The highest BCUT2D eigenvalue weighted by atomic mass is 32.1. The molecular weight excluding hydrogens is 707 g/mol. The SMILES string of the molecule is c1ccc(-c2cc3c(s2)c2sc(-c4ccc5c(c4)c4cc6c(cc4n5-c4ccccc4)c4ccccc4n6-c4ccccc4)cc2n3-c2ccccc2)cc1. The van der Waals surface area contributed by atoms with E-state index < -0.39 is 0 Å². The highest BCUT2D eigenvalue weighted by molar-refractivity contribution is 7.30. The molecule has 0 spiro atoms. The van der Waals surface area contributed by atoms with Gasteiger partial charge in [0.05, 0.1) is 42.5 Å². The lowest BCUT2D eigenvalue weighted by molar-refractivity contribution is 1.17. The molecule has 12 rings (SSSR count). The molecule has 0 atom stereocenters. The smallest absolute Gasteiger partial charge is 0.0711 e. The van der Waals surface area contributed by atoms with E-state index in [2.05, 4.69) is 202 Å². The van der Waals surface area contributed by atoms with Crippen molar-refractivity contribution in [2.75, 3.05) is 0 Å². The van der Waals surface area contributed by atoms with Gasteiger partial charge in [0.1, 0.15) is 0 Å². The number of para-hydroxylation sites is 4. The second-order valence-corrected chi connectivity index (χ2v) is 16.3. The standard InChI is InChI=1S/C50H31N3S2/c1-5-15-32(16-6-1)47-30-45-49(54-47)50-46(53(45)36-21-11-4-12-22-36)31-48(55-50)33-25-26-42-38(27-33)40-29-43-39(28-44(40)52(42)35-19-9-3-10-20-35)37-23-13-14-24-41(37)51(43)34-17-7-2-8-18-34/h1-31H. The molecule has 55 heavy (non-hydrogen) atoms. The number of benzene rings is 7. The number of thiophene rings is 2. The Bertz CT molecular complexity index is 3400. The fraction of sp³-hybridized carbons (Fsp3) is 0. The lowest BCUT2D eigenvalue weighted by Crippen LogP contribution is -1.94. The molecule has 0 saturated heterocycles. The number of hydrogen-bond acceptors (Lipinski definition) is 2. The van der Waals surface area contributed by atoms with Gasteiger partial charge in [0, 0.05) is 48.4 Å². The van der Waals surface area contributed by atoms with Gasteiger partial charge in [-0.1, -0.05) is 109 Å². The van der Waals surface area contributed by atoms with Gasteiger partial charge in [-0.3, -0.25) is 0 Å². The molecule has 0 N–H and O–H groups in total. The van der Waals surface area contributed by atoms with Crippen LogP contribution < -0.4 is 0 Å². The second-order valence-electron chi connectivity index (χ2n) is 14.2. The van der Waals surface area contributed by atoms with Gasteiger partial charge >= 0.3 is 0 Å². The molecule has 0 fully saturated rings. The minimum atomic E-state index is 1.16. The van der Waals surface area contributed by atoms with Gasteiger partial charge in [-0.15, -0.1) is 22.7 Å². The van der Waals surface area contributed by atoms with Crippen LogP contribution >= 0.6 is 22.7 Å². The molecule has 0 aliphatic carbocycles. The molecule has 0 amide bonds. The summed E-state index contributed by atoms with van der Waals surface area (Å²) in [4.78, 5) is 2.56. The van der Waals surface area contributed by atoms with E-state index in [0.717, 1.165) is 5.69 Å². The second kappa shape index (κ2) is 11.9. The molecule has 0 saturated carbocycles. The van der Waals surface area contributed by atoms with E-state index in [9.17, 15) is 0 Å². The third-order valence-corrected chi connectivity index (χ3v) is 13.6. The summed E-state index contributed by atoms with van der Waals surface area (Å²) in [5, 5.41) is 5.01. The van der Waals surface area contributed by atoms with Crippen LogP contribution in [0.25, 0.3) is 102 Å². The molecule has 3 nitrogen and oxygen atoms in total. The third-order valence-electron chi connectivity index (χ3n) is 11.1. The molecule has 0 aliphatic heterocycles. The van der Waals surface area contributed by atoms with E-state index in [0.29, 0.717) is 0 Å². The molecule has 258 valence electrons. The lowest BCUT2D eigenvalue weighted by Gasteiger charge is -2.09. The Hall–Kier alpha value is -6.66. The van der Waals surface area contributed by atoms with Crippen molar-refractivity contribution in [3.05, 3.63) is 188 Å². The van der Waals surface area contributed by atoms with Crippen LogP contribution in [-0.4, -0.2) is 13.7 Å². The van der Waals surface area contributed by atoms with Gasteiger partial charge in [-0.05, 0) is 90.0 Å². The summed E-state index contributed by atoms with van der Waals surface area (Å²) >= 11 is 3.80. The molecule has 5 aromatic heterocycles. The Kier molecular flexibility index (Phi) is 6.67. The first kappa shape index (κ1) is 30.8. The topological polar surface area (TPSA) is 14.8 Å². The van der Waals surface area contributed by atoms with E-state index in [1.54, 1.807) is 0 Å². The van der Waals surface area contributed by atoms with Gasteiger partial charge in [0.25, 0.3) is 0 Å². The first-order chi connectivity index (χ1) is 27.3. The van der Waals surface area contributed by atoms with Gasteiger partial charge in [0.15, 0.2) is 0 Å². The minimum Gasteiger partial charge on any atom is -0.309 e. The average molecular weight is 738 g/mol. The van der Waals surface area contributed by atoms with Crippen LogP contribution in [0.1, 0.15) is 0 Å². The number of fused-ring (bicyclic) bond motifs is 9. The van der Waals surface area contributed by atoms with Gasteiger partial charge in [0.2, 0.25) is 0 Å². The maximum atomic E-state index is 2.45. The zero-order chi connectivity index (χ0) is 36.0. The Balaban J connectivity index is 1.12. The summed E-state index contributed by atoms with van der Waals surface area (Å²) in [7, 11) is 0.